The van der Waals surface area contributed by atoms with Gasteiger partial charge in [0.25, 0.3) is 0 Å². The second-order valence-corrected chi connectivity index (χ2v) is 6.48. The van der Waals surface area contributed by atoms with E-state index >= 15 is 0 Å². The first-order valence-corrected chi connectivity index (χ1v) is 9.92. The molecule has 0 spiro atoms. The van der Waals surface area contributed by atoms with Gasteiger partial charge in [-0.3, -0.25) is 9.59 Å². The van der Waals surface area contributed by atoms with E-state index in [4.69, 9.17) is 9.84 Å². The summed E-state index contributed by atoms with van der Waals surface area (Å²) in [7, 11) is 0. The maximum absolute atomic E-state index is 11.7. The summed E-state index contributed by atoms with van der Waals surface area (Å²) in [6.07, 6.45) is 21.7. The monoisotopic (exact) mass is 364 g/mol. The summed E-state index contributed by atoms with van der Waals surface area (Å²) < 4.78 is 5.28. The quantitative estimate of drug-likeness (QED) is 0.208. The van der Waals surface area contributed by atoms with Crippen LogP contribution in [0, 0.1) is 0 Å². The molecule has 1 unspecified atom stereocenters. The first-order valence-electron chi connectivity index (χ1n) is 9.92. The Kier molecular flexibility index (Phi) is 16.7. The summed E-state index contributed by atoms with van der Waals surface area (Å²) in [5.74, 6) is -0.983. The molecule has 1 N–H and O–H groups in total. The third-order valence-electron chi connectivity index (χ3n) is 3.87. The lowest BCUT2D eigenvalue weighted by molar-refractivity contribution is -0.148. The Hall–Kier alpha value is -1.84. The lowest BCUT2D eigenvalue weighted by Gasteiger charge is -2.12. The average molecular weight is 365 g/mol. The van der Waals surface area contributed by atoms with Crippen molar-refractivity contribution in [1.29, 1.82) is 0 Å². The number of aliphatic carboxylic acids is 1. The van der Waals surface area contributed by atoms with Crippen LogP contribution in [0.5, 0.6) is 0 Å². The van der Waals surface area contributed by atoms with Crippen LogP contribution >= 0.6 is 0 Å². The normalized spacial score (nSPS) is 13.0. The molecular formula is C22H36O4. The number of hydrogen-bond donors (Lipinski definition) is 1. The molecule has 0 radical (unpaired) electrons. The van der Waals surface area contributed by atoms with Crippen molar-refractivity contribution in [2.45, 2.75) is 90.6 Å². The molecule has 0 aromatic heterocycles. The van der Waals surface area contributed by atoms with E-state index in [9.17, 15) is 9.59 Å². The van der Waals surface area contributed by atoms with Gasteiger partial charge in [-0.2, -0.15) is 0 Å². The highest BCUT2D eigenvalue weighted by Gasteiger charge is 2.09. The van der Waals surface area contributed by atoms with E-state index in [-0.39, 0.29) is 18.5 Å². The molecule has 0 saturated heterocycles. The molecule has 148 valence electrons. The van der Waals surface area contributed by atoms with E-state index in [0.29, 0.717) is 19.3 Å². The van der Waals surface area contributed by atoms with Gasteiger partial charge in [-0.25, -0.2) is 0 Å². The zero-order valence-corrected chi connectivity index (χ0v) is 16.5. The van der Waals surface area contributed by atoms with Crippen LogP contribution in [0.25, 0.3) is 0 Å². The summed E-state index contributed by atoms with van der Waals surface area (Å²) >= 11 is 0. The summed E-state index contributed by atoms with van der Waals surface area (Å²) in [5, 5.41) is 8.58. The van der Waals surface area contributed by atoms with Crippen molar-refractivity contribution in [2.75, 3.05) is 0 Å². The second-order valence-electron chi connectivity index (χ2n) is 6.48. The molecule has 0 aromatic carbocycles. The molecule has 0 heterocycles. The van der Waals surface area contributed by atoms with Crippen molar-refractivity contribution >= 4 is 11.9 Å². The van der Waals surface area contributed by atoms with Crippen LogP contribution in [0.1, 0.15) is 84.5 Å². The Morgan fingerprint density at radius 3 is 2.19 bits per heavy atom. The highest BCUT2D eigenvalue weighted by atomic mass is 16.5. The van der Waals surface area contributed by atoms with Crippen LogP contribution in [0.3, 0.4) is 0 Å². The Balaban J connectivity index is 3.50. The molecule has 0 rings (SSSR count). The van der Waals surface area contributed by atoms with Gasteiger partial charge in [0.1, 0.15) is 0 Å². The maximum Gasteiger partial charge on any atom is 0.306 e. The molecule has 1 atom stereocenters. The lowest BCUT2D eigenvalue weighted by atomic mass is 10.1. The van der Waals surface area contributed by atoms with Crippen molar-refractivity contribution in [3.05, 3.63) is 36.5 Å². The number of ether oxygens (including phenoxy) is 1. The Morgan fingerprint density at radius 2 is 1.54 bits per heavy atom. The van der Waals surface area contributed by atoms with Crippen LogP contribution in [0.15, 0.2) is 36.5 Å². The molecule has 0 saturated carbocycles. The Labute approximate surface area is 159 Å². The van der Waals surface area contributed by atoms with E-state index in [0.717, 1.165) is 44.9 Å². The van der Waals surface area contributed by atoms with Crippen LogP contribution < -0.4 is 0 Å². The van der Waals surface area contributed by atoms with Gasteiger partial charge in [0, 0.05) is 12.8 Å². The third-order valence-corrected chi connectivity index (χ3v) is 3.87. The van der Waals surface area contributed by atoms with E-state index in [2.05, 4.69) is 43.4 Å². The topological polar surface area (TPSA) is 63.6 Å². The Morgan fingerprint density at radius 1 is 0.885 bits per heavy atom. The van der Waals surface area contributed by atoms with Crippen molar-refractivity contribution in [3.63, 3.8) is 0 Å². The molecule has 0 aromatic rings. The molecule has 0 aliphatic carbocycles. The first-order chi connectivity index (χ1) is 12.6. The molecule has 0 aliphatic heterocycles. The largest absolute Gasteiger partial charge is 0.481 e. The fraction of sp³-hybridized carbons (Fsp3) is 0.636. The minimum absolute atomic E-state index is 0.126. The number of allylic oxidation sites excluding steroid dienone is 6. The van der Waals surface area contributed by atoms with Crippen LogP contribution in [-0.4, -0.2) is 23.1 Å². The van der Waals surface area contributed by atoms with Gasteiger partial charge in [-0.15, -0.1) is 0 Å². The van der Waals surface area contributed by atoms with Gasteiger partial charge in [0.05, 0.1) is 6.10 Å². The Bertz CT molecular complexity index is 449. The van der Waals surface area contributed by atoms with E-state index < -0.39 is 5.97 Å². The van der Waals surface area contributed by atoms with Gasteiger partial charge in [-0.1, -0.05) is 49.8 Å². The second kappa shape index (κ2) is 18.0. The number of unbranched alkanes of at least 4 members (excludes halogenated alkanes) is 3. The molecule has 4 nitrogen and oxygen atoms in total. The highest BCUT2D eigenvalue weighted by Crippen LogP contribution is 2.09. The fourth-order valence-electron chi connectivity index (χ4n) is 2.42. The smallest absolute Gasteiger partial charge is 0.306 e. The molecule has 0 aliphatic rings. The summed E-state index contributed by atoms with van der Waals surface area (Å²) in [5.41, 5.74) is 0. The van der Waals surface area contributed by atoms with Crippen LogP contribution in [0.4, 0.5) is 0 Å². The zero-order chi connectivity index (χ0) is 19.5. The van der Waals surface area contributed by atoms with Crippen molar-refractivity contribution in [3.8, 4) is 0 Å². The van der Waals surface area contributed by atoms with Crippen molar-refractivity contribution in [1.82, 2.24) is 0 Å². The van der Waals surface area contributed by atoms with Gasteiger partial charge >= 0.3 is 11.9 Å². The number of hydrogen-bond acceptors (Lipinski definition) is 3. The number of carboxylic acids is 1. The number of carbonyl (C=O) groups excluding carboxylic acids is 1. The number of esters is 1. The molecule has 26 heavy (non-hydrogen) atoms. The lowest BCUT2D eigenvalue weighted by Crippen LogP contribution is -2.15. The fourth-order valence-corrected chi connectivity index (χ4v) is 2.42. The van der Waals surface area contributed by atoms with Gasteiger partial charge in [0.2, 0.25) is 0 Å². The number of rotatable bonds is 16. The summed E-state index contributed by atoms with van der Waals surface area (Å²) in [6.45, 7) is 3.96. The van der Waals surface area contributed by atoms with Crippen LogP contribution in [0.2, 0.25) is 0 Å². The van der Waals surface area contributed by atoms with Gasteiger partial charge in [-0.05, 0) is 58.3 Å². The minimum atomic E-state index is -0.808. The first kappa shape index (κ1) is 24.2. The number of carbonyl (C=O) groups is 2. The average Bonchev–Trinajstić information content (AvgIpc) is 2.58. The third kappa shape index (κ3) is 18.5. The van der Waals surface area contributed by atoms with E-state index in [1.165, 1.54) is 0 Å². The maximum atomic E-state index is 11.7. The minimum Gasteiger partial charge on any atom is -0.481 e. The van der Waals surface area contributed by atoms with Crippen molar-refractivity contribution in [2.24, 2.45) is 0 Å². The predicted molar refractivity (Wildman–Crippen MR) is 107 cm³/mol. The van der Waals surface area contributed by atoms with Gasteiger partial charge < -0.3 is 9.84 Å². The van der Waals surface area contributed by atoms with Crippen molar-refractivity contribution < 1.29 is 19.4 Å². The van der Waals surface area contributed by atoms with Gasteiger partial charge in [0.15, 0.2) is 0 Å². The van der Waals surface area contributed by atoms with Crippen LogP contribution in [-0.2, 0) is 14.3 Å². The molecule has 0 bridgehead atoms. The highest BCUT2D eigenvalue weighted by molar-refractivity contribution is 5.69. The predicted octanol–water partition coefficient (Wildman–Crippen LogP) is 5.98. The van der Waals surface area contributed by atoms with E-state index in [1.54, 1.807) is 0 Å². The molecule has 0 amide bonds. The zero-order valence-electron chi connectivity index (χ0n) is 16.5. The summed E-state index contributed by atoms with van der Waals surface area (Å²) in [4.78, 5) is 22.1. The SMILES string of the molecule is CC/C=C\C/C=C\C/C=C\CCCCCC(=O)OC(C)CCCC(=O)O. The number of carboxylic acid groups (broad SMARTS) is 1. The standard InChI is InChI=1S/C22H36O4/c1-3-4-5-6-7-8-9-10-11-12-13-14-15-19-22(25)26-20(2)17-16-18-21(23)24/h4-5,7-8,10-11,20H,3,6,9,12-19H2,1-2H3,(H,23,24)/b5-4-,8-7-,11-10-. The molecular weight excluding hydrogens is 328 g/mol. The molecule has 4 heteroatoms. The molecule has 0 fully saturated rings. The van der Waals surface area contributed by atoms with E-state index in [1.807, 2.05) is 6.92 Å². The summed E-state index contributed by atoms with van der Waals surface area (Å²) in [6, 6.07) is 0.